The highest BCUT2D eigenvalue weighted by Gasteiger charge is 2.45. The van der Waals surface area contributed by atoms with E-state index in [1.54, 1.807) is 24.3 Å². The molecular weight excluding hydrogens is 366 g/mol. The van der Waals surface area contributed by atoms with Gasteiger partial charge in [-0.15, -0.1) is 0 Å². The molecule has 1 saturated carbocycles. The Bertz CT molecular complexity index is 893. The third-order valence-corrected chi connectivity index (χ3v) is 9.37. The lowest BCUT2D eigenvalue weighted by atomic mass is 9.90. The number of nitrogens with zero attached hydrogens (tertiary/aromatic N) is 1. The first-order chi connectivity index (χ1) is 13.4. The van der Waals surface area contributed by atoms with E-state index in [0.29, 0.717) is 23.3 Å². The second kappa shape index (κ2) is 7.64. The van der Waals surface area contributed by atoms with Gasteiger partial charge in [-0.1, -0.05) is 48.5 Å². The lowest BCUT2D eigenvalue weighted by molar-refractivity contribution is 0.187. The summed E-state index contributed by atoms with van der Waals surface area (Å²) in [6.07, 6.45) is 4.21. The van der Waals surface area contributed by atoms with Gasteiger partial charge >= 0.3 is 0 Å². The van der Waals surface area contributed by atoms with Crippen molar-refractivity contribution in [3.8, 4) is 0 Å². The maximum absolute atomic E-state index is 13.0. The van der Waals surface area contributed by atoms with Crippen LogP contribution in [-0.4, -0.2) is 37.2 Å². The lowest BCUT2D eigenvalue weighted by Crippen LogP contribution is -2.39. The van der Waals surface area contributed by atoms with Crippen molar-refractivity contribution >= 4 is 9.84 Å². The van der Waals surface area contributed by atoms with Gasteiger partial charge in [-0.3, -0.25) is 4.90 Å². The Balaban J connectivity index is 1.38. The van der Waals surface area contributed by atoms with Crippen molar-refractivity contribution in [2.45, 2.75) is 61.1 Å². The number of rotatable bonds is 7. The van der Waals surface area contributed by atoms with E-state index >= 15 is 0 Å². The van der Waals surface area contributed by atoms with Gasteiger partial charge in [0.05, 0.1) is 9.64 Å². The molecule has 3 atom stereocenters. The van der Waals surface area contributed by atoms with Crippen LogP contribution < -0.4 is 0 Å². The number of fused-ring (bicyclic) bond motifs is 2. The minimum atomic E-state index is -3.32. The van der Waals surface area contributed by atoms with Crippen molar-refractivity contribution in [1.82, 2.24) is 4.90 Å². The molecule has 1 aliphatic heterocycles. The Kier molecular flexibility index (Phi) is 5.36. The molecule has 1 unspecified atom stereocenters. The summed E-state index contributed by atoms with van der Waals surface area (Å²) in [5.41, 5.74) is 1.46. The molecule has 0 amide bonds. The van der Waals surface area contributed by atoms with Crippen molar-refractivity contribution in [2.24, 2.45) is 5.92 Å². The predicted octanol–water partition coefficient (Wildman–Crippen LogP) is 4.90. The van der Waals surface area contributed by atoms with E-state index in [4.69, 9.17) is 0 Å². The van der Waals surface area contributed by atoms with Gasteiger partial charge in [0.2, 0.25) is 0 Å². The molecule has 3 nitrogen and oxygen atoms in total. The molecule has 1 aliphatic carbocycles. The summed E-state index contributed by atoms with van der Waals surface area (Å²) < 4.78 is 25.3. The Hall–Kier alpha value is -1.65. The van der Waals surface area contributed by atoms with E-state index < -0.39 is 14.6 Å². The smallest absolute Gasteiger partial charge is 0.183 e. The Morgan fingerprint density at radius 3 is 2.25 bits per heavy atom. The standard InChI is InChI=1S/C24H31NO2S/c1-24(2,28(26,27)21-12-7-4-8-13-21)14-9-15-25-18-19-16-22(23(25)17-19)20-10-5-3-6-11-20/h3-8,10-13,19,22-23H,9,14-18H2,1-2H3/t19-,22?,23-/m1/s1. The third kappa shape index (κ3) is 3.65. The predicted molar refractivity (Wildman–Crippen MR) is 114 cm³/mol. The molecule has 2 aromatic rings. The van der Waals surface area contributed by atoms with Crippen LogP contribution in [0, 0.1) is 5.92 Å². The van der Waals surface area contributed by atoms with Crippen LogP contribution in [0.3, 0.4) is 0 Å². The van der Waals surface area contributed by atoms with Crippen LogP contribution in [0.5, 0.6) is 0 Å². The molecule has 4 rings (SSSR count). The van der Waals surface area contributed by atoms with Crippen molar-refractivity contribution in [3.63, 3.8) is 0 Å². The van der Waals surface area contributed by atoms with Gasteiger partial charge in [0.1, 0.15) is 0 Å². The number of likely N-dealkylation sites (tertiary alicyclic amines) is 1. The van der Waals surface area contributed by atoms with Gasteiger partial charge in [-0.05, 0) is 75.6 Å². The molecule has 150 valence electrons. The minimum Gasteiger partial charge on any atom is -0.299 e. The number of piperidine rings is 1. The molecule has 0 aromatic heterocycles. The molecule has 1 saturated heterocycles. The van der Waals surface area contributed by atoms with E-state index in [9.17, 15) is 8.42 Å². The van der Waals surface area contributed by atoms with Crippen molar-refractivity contribution < 1.29 is 8.42 Å². The number of benzene rings is 2. The van der Waals surface area contributed by atoms with E-state index in [1.807, 2.05) is 19.9 Å². The van der Waals surface area contributed by atoms with Gasteiger partial charge in [-0.2, -0.15) is 0 Å². The molecule has 0 radical (unpaired) electrons. The zero-order valence-electron chi connectivity index (χ0n) is 16.9. The van der Waals surface area contributed by atoms with Gasteiger partial charge in [0.25, 0.3) is 0 Å². The molecule has 1 heterocycles. The highest BCUT2D eigenvalue weighted by molar-refractivity contribution is 7.92. The largest absolute Gasteiger partial charge is 0.299 e. The Labute approximate surface area is 169 Å². The first kappa shape index (κ1) is 19.7. The molecule has 2 fully saturated rings. The quantitative estimate of drug-likeness (QED) is 0.667. The van der Waals surface area contributed by atoms with Crippen molar-refractivity contribution in [3.05, 3.63) is 66.2 Å². The summed E-state index contributed by atoms with van der Waals surface area (Å²) in [6.45, 7) is 5.93. The van der Waals surface area contributed by atoms with Crippen LogP contribution in [0.2, 0.25) is 0 Å². The van der Waals surface area contributed by atoms with Gasteiger partial charge in [0.15, 0.2) is 9.84 Å². The first-order valence-corrected chi connectivity index (χ1v) is 12.0. The summed E-state index contributed by atoms with van der Waals surface area (Å²) in [4.78, 5) is 3.06. The Morgan fingerprint density at radius 2 is 1.61 bits per heavy atom. The number of sulfone groups is 1. The normalized spacial score (nSPS) is 25.3. The first-order valence-electron chi connectivity index (χ1n) is 10.5. The van der Waals surface area contributed by atoms with Crippen LogP contribution >= 0.6 is 0 Å². The van der Waals surface area contributed by atoms with Crippen LogP contribution in [0.15, 0.2) is 65.6 Å². The fraction of sp³-hybridized carbons (Fsp3) is 0.500. The second-order valence-corrected chi connectivity index (χ2v) is 11.7. The van der Waals surface area contributed by atoms with Gasteiger partial charge < -0.3 is 0 Å². The van der Waals surface area contributed by atoms with E-state index in [2.05, 4.69) is 35.2 Å². The average molecular weight is 398 g/mol. The molecule has 28 heavy (non-hydrogen) atoms. The summed E-state index contributed by atoms with van der Waals surface area (Å²) in [6, 6.07) is 20.4. The molecule has 0 spiro atoms. The fourth-order valence-electron chi connectivity index (χ4n) is 5.21. The highest BCUT2D eigenvalue weighted by Crippen LogP contribution is 2.47. The van der Waals surface area contributed by atoms with Crippen LogP contribution in [0.25, 0.3) is 0 Å². The van der Waals surface area contributed by atoms with Crippen molar-refractivity contribution in [1.29, 1.82) is 0 Å². The molecule has 2 aliphatic rings. The van der Waals surface area contributed by atoms with Crippen molar-refractivity contribution in [2.75, 3.05) is 13.1 Å². The summed E-state index contributed by atoms with van der Waals surface area (Å²) in [5, 5.41) is 0. The zero-order valence-corrected chi connectivity index (χ0v) is 17.7. The zero-order chi connectivity index (χ0) is 19.8. The fourth-order valence-corrected chi connectivity index (χ4v) is 6.78. The van der Waals surface area contributed by atoms with Crippen LogP contribution in [0.4, 0.5) is 0 Å². The maximum Gasteiger partial charge on any atom is 0.183 e. The lowest BCUT2D eigenvalue weighted by Gasteiger charge is -2.34. The van der Waals surface area contributed by atoms with E-state index in [0.717, 1.165) is 18.9 Å². The monoisotopic (exact) mass is 397 g/mol. The Morgan fingerprint density at radius 1 is 0.964 bits per heavy atom. The number of hydrogen-bond acceptors (Lipinski definition) is 3. The molecule has 0 N–H and O–H groups in total. The van der Waals surface area contributed by atoms with E-state index in [1.165, 1.54) is 24.9 Å². The van der Waals surface area contributed by atoms with Gasteiger partial charge in [-0.25, -0.2) is 8.42 Å². The SMILES string of the molecule is CC(C)(CCCN1C[C@@H]2CC(c3ccccc3)[C@H]1C2)S(=O)(=O)c1ccccc1. The molecule has 2 aromatic carbocycles. The highest BCUT2D eigenvalue weighted by atomic mass is 32.2. The number of hydrogen-bond donors (Lipinski definition) is 0. The van der Waals surface area contributed by atoms with Crippen LogP contribution in [0.1, 0.15) is 51.0 Å². The maximum atomic E-state index is 13.0. The summed E-state index contributed by atoms with van der Waals surface area (Å²) in [7, 11) is -3.32. The second-order valence-electron chi connectivity index (χ2n) is 9.10. The van der Waals surface area contributed by atoms with Crippen LogP contribution in [-0.2, 0) is 9.84 Å². The van der Waals surface area contributed by atoms with E-state index in [-0.39, 0.29) is 0 Å². The molecular formula is C24H31NO2S. The summed E-state index contributed by atoms with van der Waals surface area (Å²) >= 11 is 0. The summed E-state index contributed by atoms with van der Waals surface area (Å²) in [5.74, 6) is 1.44. The molecule has 4 heteroatoms. The molecule has 2 bridgehead atoms. The minimum absolute atomic E-state index is 0.435. The van der Waals surface area contributed by atoms with Gasteiger partial charge in [0, 0.05) is 12.6 Å². The topological polar surface area (TPSA) is 37.4 Å². The average Bonchev–Trinajstić information content (AvgIpc) is 3.30. The third-order valence-electron chi connectivity index (χ3n) is 6.82.